The Labute approximate surface area is 126 Å². The van der Waals surface area contributed by atoms with Crippen molar-refractivity contribution in [2.75, 3.05) is 6.61 Å². The van der Waals surface area contributed by atoms with Gasteiger partial charge in [0.2, 0.25) is 0 Å². The molecule has 0 aliphatic carbocycles. The molecule has 2 atom stereocenters. The highest BCUT2D eigenvalue weighted by Gasteiger charge is 2.30. The molecule has 0 aromatic heterocycles. The molecule has 2 unspecified atom stereocenters. The number of hydrogen-bond acceptors (Lipinski definition) is 4. The van der Waals surface area contributed by atoms with Crippen molar-refractivity contribution in [2.45, 2.75) is 46.1 Å². The number of carbonyl (C=O) groups excluding carboxylic acids is 2. The summed E-state index contributed by atoms with van der Waals surface area (Å²) in [6, 6.07) is 9.46. The molecular formula is C17H24O4. The molecule has 0 N–H and O–H groups in total. The molecule has 116 valence electrons. The van der Waals surface area contributed by atoms with Gasteiger partial charge in [-0.1, -0.05) is 50.6 Å². The van der Waals surface area contributed by atoms with Gasteiger partial charge in [-0.25, -0.2) is 0 Å². The van der Waals surface area contributed by atoms with E-state index >= 15 is 0 Å². The first-order chi connectivity index (χ1) is 10.1. The Morgan fingerprint density at radius 1 is 1.05 bits per heavy atom. The van der Waals surface area contributed by atoms with Crippen LogP contribution in [0.2, 0.25) is 0 Å². The summed E-state index contributed by atoms with van der Waals surface area (Å²) in [6.45, 7) is 5.97. The monoisotopic (exact) mass is 292 g/mol. The molecule has 0 aliphatic rings. The predicted octanol–water partition coefficient (Wildman–Crippen LogP) is 3.66. The molecule has 1 aromatic rings. The van der Waals surface area contributed by atoms with Crippen LogP contribution in [-0.2, 0) is 19.1 Å². The maximum Gasteiger partial charge on any atom is 0.320 e. The zero-order chi connectivity index (χ0) is 15.7. The largest absolute Gasteiger partial charge is 0.465 e. The SMILES string of the molecule is CCCOC(=O)C(CCC)C(=O)OC(C)c1ccccc1. The lowest BCUT2D eigenvalue weighted by Crippen LogP contribution is -2.29. The molecule has 0 saturated carbocycles. The van der Waals surface area contributed by atoms with E-state index in [-0.39, 0.29) is 6.10 Å². The van der Waals surface area contributed by atoms with Gasteiger partial charge in [-0.3, -0.25) is 9.59 Å². The molecule has 0 saturated heterocycles. The quantitative estimate of drug-likeness (QED) is 0.542. The minimum absolute atomic E-state index is 0.334. The van der Waals surface area contributed by atoms with Crippen LogP contribution < -0.4 is 0 Å². The van der Waals surface area contributed by atoms with Crippen molar-refractivity contribution in [3.05, 3.63) is 35.9 Å². The van der Waals surface area contributed by atoms with Crippen molar-refractivity contribution in [1.82, 2.24) is 0 Å². The fourth-order valence-corrected chi connectivity index (χ4v) is 1.97. The van der Waals surface area contributed by atoms with E-state index < -0.39 is 17.9 Å². The van der Waals surface area contributed by atoms with Gasteiger partial charge in [-0.15, -0.1) is 0 Å². The van der Waals surface area contributed by atoms with E-state index in [1.54, 1.807) is 6.92 Å². The first kappa shape index (κ1) is 17.2. The first-order valence-electron chi connectivity index (χ1n) is 7.52. The molecule has 4 heteroatoms. The summed E-state index contributed by atoms with van der Waals surface area (Å²) in [5.41, 5.74) is 0.906. The molecule has 0 bridgehead atoms. The second-order valence-electron chi connectivity index (χ2n) is 5.00. The average molecular weight is 292 g/mol. The molecule has 1 rings (SSSR count). The summed E-state index contributed by atoms with van der Waals surface area (Å²) < 4.78 is 10.5. The van der Waals surface area contributed by atoms with Crippen LogP contribution in [0.4, 0.5) is 0 Å². The Hall–Kier alpha value is -1.84. The Morgan fingerprint density at radius 2 is 1.71 bits per heavy atom. The lowest BCUT2D eigenvalue weighted by molar-refractivity contribution is -0.165. The molecule has 0 aliphatic heterocycles. The topological polar surface area (TPSA) is 52.6 Å². The fraction of sp³-hybridized carbons (Fsp3) is 0.529. The molecule has 4 nitrogen and oxygen atoms in total. The molecular weight excluding hydrogens is 268 g/mol. The average Bonchev–Trinajstić information content (AvgIpc) is 2.50. The summed E-state index contributed by atoms with van der Waals surface area (Å²) in [5.74, 6) is -1.81. The van der Waals surface area contributed by atoms with Gasteiger partial charge in [-0.05, 0) is 25.3 Å². The molecule has 0 radical (unpaired) electrons. The third-order valence-corrected chi connectivity index (χ3v) is 3.16. The highest BCUT2D eigenvalue weighted by Crippen LogP contribution is 2.20. The van der Waals surface area contributed by atoms with Gasteiger partial charge in [0, 0.05) is 0 Å². The highest BCUT2D eigenvalue weighted by molar-refractivity contribution is 5.94. The van der Waals surface area contributed by atoms with Crippen LogP contribution in [0.15, 0.2) is 30.3 Å². The van der Waals surface area contributed by atoms with Crippen LogP contribution >= 0.6 is 0 Å². The van der Waals surface area contributed by atoms with Crippen molar-refractivity contribution in [3.8, 4) is 0 Å². The minimum atomic E-state index is -0.826. The van der Waals surface area contributed by atoms with Gasteiger partial charge < -0.3 is 9.47 Å². The molecule has 21 heavy (non-hydrogen) atoms. The standard InChI is InChI=1S/C17H24O4/c1-4-9-15(16(18)20-12-5-2)17(19)21-13(3)14-10-7-6-8-11-14/h6-8,10-11,13,15H,4-5,9,12H2,1-3H3. The number of rotatable bonds is 8. The normalized spacial score (nSPS) is 13.3. The lowest BCUT2D eigenvalue weighted by atomic mass is 10.0. The van der Waals surface area contributed by atoms with Crippen molar-refractivity contribution in [2.24, 2.45) is 5.92 Å². The Bertz CT molecular complexity index is 441. The summed E-state index contributed by atoms with van der Waals surface area (Å²) >= 11 is 0. The summed E-state index contributed by atoms with van der Waals surface area (Å²) in [5, 5.41) is 0. The van der Waals surface area contributed by atoms with Crippen LogP contribution in [0.25, 0.3) is 0 Å². The maximum atomic E-state index is 12.2. The van der Waals surface area contributed by atoms with Gasteiger partial charge in [-0.2, -0.15) is 0 Å². The Morgan fingerprint density at radius 3 is 2.29 bits per heavy atom. The highest BCUT2D eigenvalue weighted by atomic mass is 16.6. The van der Waals surface area contributed by atoms with E-state index in [1.165, 1.54) is 0 Å². The van der Waals surface area contributed by atoms with Gasteiger partial charge in [0.15, 0.2) is 5.92 Å². The molecule has 1 aromatic carbocycles. The van der Waals surface area contributed by atoms with E-state index in [4.69, 9.17) is 9.47 Å². The van der Waals surface area contributed by atoms with Crippen molar-refractivity contribution < 1.29 is 19.1 Å². The third-order valence-electron chi connectivity index (χ3n) is 3.16. The molecule has 0 amide bonds. The van der Waals surface area contributed by atoms with Crippen molar-refractivity contribution >= 4 is 11.9 Å². The maximum absolute atomic E-state index is 12.2. The van der Waals surface area contributed by atoms with Crippen LogP contribution in [0.5, 0.6) is 0 Å². The van der Waals surface area contributed by atoms with Crippen LogP contribution in [0, 0.1) is 5.92 Å². The summed E-state index contributed by atoms with van der Waals surface area (Å²) in [4.78, 5) is 24.1. The summed E-state index contributed by atoms with van der Waals surface area (Å²) in [7, 11) is 0. The smallest absolute Gasteiger partial charge is 0.320 e. The number of esters is 2. The van der Waals surface area contributed by atoms with Crippen LogP contribution in [-0.4, -0.2) is 18.5 Å². The van der Waals surface area contributed by atoms with Crippen molar-refractivity contribution in [1.29, 1.82) is 0 Å². The lowest BCUT2D eigenvalue weighted by Gasteiger charge is -2.18. The van der Waals surface area contributed by atoms with E-state index in [0.717, 1.165) is 18.4 Å². The zero-order valence-electron chi connectivity index (χ0n) is 13.0. The Kier molecular flexibility index (Phi) is 7.51. The van der Waals surface area contributed by atoms with E-state index in [2.05, 4.69) is 0 Å². The number of hydrogen-bond donors (Lipinski definition) is 0. The van der Waals surface area contributed by atoms with E-state index in [9.17, 15) is 9.59 Å². The van der Waals surface area contributed by atoms with Gasteiger partial charge in [0.05, 0.1) is 6.61 Å². The van der Waals surface area contributed by atoms with E-state index in [1.807, 2.05) is 44.2 Å². The molecule has 0 fully saturated rings. The summed E-state index contributed by atoms with van der Waals surface area (Å²) in [6.07, 6.45) is 1.53. The van der Waals surface area contributed by atoms with Crippen LogP contribution in [0.3, 0.4) is 0 Å². The Balaban J connectivity index is 2.66. The zero-order valence-corrected chi connectivity index (χ0v) is 13.0. The number of benzene rings is 1. The minimum Gasteiger partial charge on any atom is -0.465 e. The predicted molar refractivity (Wildman–Crippen MR) is 80.6 cm³/mol. The van der Waals surface area contributed by atoms with Gasteiger partial charge in [0.1, 0.15) is 6.10 Å². The molecule has 0 heterocycles. The molecule has 0 spiro atoms. The van der Waals surface area contributed by atoms with Crippen LogP contribution in [0.1, 0.15) is 51.7 Å². The fourth-order valence-electron chi connectivity index (χ4n) is 1.97. The number of ether oxygens (including phenoxy) is 2. The first-order valence-corrected chi connectivity index (χ1v) is 7.52. The van der Waals surface area contributed by atoms with Gasteiger partial charge in [0.25, 0.3) is 0 Å². The second-order valence-corrected chi connectivity index (χ2v) is 5.00. The third kappa shape index (κ3) is 5.58. The van der Waals surface area contributed by atoms with Gasteiger partial charge >= 0.3 is 11.9 Å². The second kappa shape index (κ2) is 9.16. The number of carbonyl (C=O) groups is 2. The van der Waals surface area contributed by atoms with Crippen molar-refractivity contribution in [3.63, 3.8) is 0 Å². The van der Waals surface area contributed by atoms with E-state index in [0.29, 0.717) is 13.0 Å².